The number of β-lactam (4-membered cyclic amide) rings is 1. The zero-order chi connectivity index (χ0) is 46.6. The van der Waals surface area contributed by atoms with E-state index in [4.69, 9.17) is 14.2 Å². The Kier molecular flexibility index (Phi) is 13.4. The van der Waals surface area contributed by atoms with Gasteiger partial charge in [-0.05, 0) is 67.8 Å². The van der Waals surface area contributed by atoms with Crippen molar-refractivity contribution in [3.63, 3.8) is 0 Å². The average molecular weight is 886 g/mol. The summed E-state index contributed by atoms with van der Waals surface area (Å²) in [6.45, 7) is 3.75. The number of amides is 3. The van der Waals surface area contributed by atoms with E-state index in [0.717, 1.165) is 72.8 Å². The Morgan fingerprint density at radius 3 is 1.70 bits per heavy atom. The molecule has 2 N–H and O–H groups in total. The lowest BCUT2D eigenvalue weighted by Crippen LogP contribution is -2.63. The number of hydrogen-bond acceptors (Lipinski definition) is 18. The molecule has 3 aromatic carbocycles. The molecule has 2 fully saturated rings. The number of aliphatic imine (C=N–C) groups is 1. The van der Waals surface area contributed by atoms with Crippen LogP contribution in [-0.2, 0) is 23.8 Å². The van der Waals surface area contributed by atoms with E-state index in [9.17, 15) is 69.0 Å². The van der Waals surface area contributed by atoms with Gasteiger partial charge in [0.25, 0.3) is 17.1 Å². The first kappa shape index (κ1) is 45.4. The SMILES string of the molecule is C[C@@H](O)[C@H]1C(=O)N2C(C(=O)OC(=O)c3ccc([N+](=O)[O-])cc3)=C(CN3CC[C@H](CC(=NC(=O)OC(=O)c4ccc([N+](=O)[O-])cc4)NC(=O)OC(=O)c4ccc([N+](=O)[O-])cc4)C3)[C@H](C)[C@H]12. The number of alkyl carbamates (subject to hydrolysis) is 1. The van der Waals surface area contributed by atoms with Gasteiger partial charge in [0, 0.05) is 61.8 Å². The molecule has 0 radical (unpaired) electrons. The molecule has 3 aliphatic heterocycles. The predicted molar refractivity (Wildman–Crippen MR) is 213 cm³/mol. The van der Waals surface area contributed by atoms with Gasteiger partial charge >= 0.3 is 36.1 Å². The monoisotopic (exact) mass is 885 g/mol. The van der Waals surface area contributed by atoms with E-state index < -0.39 is 92.5 Å². The molecule has 2 saturated heterocycles. The van der Waals surface area contributed by atoms with Gasteiger partial charge < -0.3 is 24.2 Å². The molecule has 6 rings (SSSR count). The van der Waals surface area contributed by atoms with Crippen LogP contribution in [0.15, 0.2) is 89.1 Å². The van der Waals surface area contributed by atoms with Gasteiger partial charge in [-0.2, -0.15) is 4.99 Å². The fourth-order valence-corrected chi connectivity index (χ4v) is 7.61. The number of nitro benzene ring substituents is 3. The molecule has 0 aliphatic carbocycles. The highest BCUT2D eigenvalue weighted by molar-refractivity contribution is 6.07. The third-order valence-corrected chi connectivity index (χ3v) is 10.7. The van der Waals surface area contributed by atoms with Crippen molar-refractivity contribution in [2.45, 2.75) is 38.8 Å². The molecule has 0 unspecified atom stereocenters. The largest absolute Gasteiger partial charge is 0.443 e. The highest BCUT2D eigenvalue weighted by atomic mass is 16.6. The fraction of sp³-hybridized carbons (Fsp3) is 0.300. The minimum Gasteiger partial charge on any atom is -0.393 e. The Bertz CT molecular complexity index is 2520. The molecular weight excluding hydrogens is 850 g/mol. The number of hydrogen-bond donors (Lipinski definition) is 2. The number of carbonyl (C=O) groups excluding carboxylic acids is 7. The van der Waals surface area contributed by atoms with E-state index in [-0.39, 0.29) is 59.0 Å². The van der Waals surface area contributed by atoms with Gasteiger partial charge in [0.05, 0.1) is 49.5 Å². The van der Waals surface area contributed by atoms with Crippen molar-refractivity contribution in [1.29, 1.82) is 0 Å². The Morgan fingerprint density at radius 2 is 1.23 bits per heavy atom. The molecule has 3 amide bonds. The van der Waals surface area contributed by atoms with Crippen LogP contribution in [0.3, 0.4) is 0 Å². The third-order valence-electron chi connectivity index (χ3n) is 10.7. The third kappa shape index (κ3) is 9.98. The summed E-state index contributed by atoms with van der Waals surface area (Å²) in [6, 6.07) is 11.8. The molecular formula is C40H35N7O17. The van der Waals surface area contributed by atoms with Crippen LogP contribution in [0, 0.1) is 48.1 Å². The number of non-ortho nitro benzene ring substituents is 3. The topological polar surface area (TPSA) is 328 Å². The Hall–Kier alpha value is -8.12. The molecule has 24 heteroatoms. The number of ether oxygens (including phenoxy) is 3. The van der Waals surface area contributed by atoms with Gasteiger partial charge in [0.2, 0.25) is 5.91 Å². The second kappa shape index (κ2) is 18.9. The van der Waals surface area contributed by atoms with Crippen LogP contribution in [-0.4, -0.2) is 109 Å². The van der Waals surface area contributed by atoms with E-state index in [0.29, 0.717) is 18.5 Å². The van der Waals surface area contributed by atoms with E-state index in [1.54, 1.807) is 6.92 Å². The number of nitro groups is 3. The summed E-state index contributed by atoms with van der Waals surface area (Å²) < 4.78 is 14.7. The number of fused-ring (bicyclic) bond motifs is 1. The summed E-state index contributed by atoms with van der Waals surface area (Å²) in [4.78, 5) is 129. The van der Waals surface area contributed by atoms with Crippen LogP contribution in [0.1, 0.15) is 57.8 Å². The number of nitrogens with one attached hydrogen (secondary N) is 1. The van der Waals surface area contributed by atoms with Crippen LogP contribution in [0.2, 0.25) is 0 Å². The van der Waals surface area contributed by atoms with Crippen LogP contribution in [0.5, 0.6) is 0 Å². The Morgan fingerprint density at radius 1 is 0.766 bits per heavy atom. The summed E-state index contributed by atoms with van der Waals surface area (Å²) in [5.41, 5.74) is -1.45. The minimum atomic E-state index is -1.52. The number of carbonyl (C=O) groups is 7. The lowest BCUT2D eigenvalue weighted by Gasteiger charge is -2.46. The predicted octanol–water partition coefficient (Wildman–Crippen LogP) is 3.86. The summed E-state index contributed by atoms with van der Waals surface area (Å²) >= 11 is 0. The maximum absolute atomic E-state index is 13.7. The maximum atomic E-state index is 13.7. The number of amidine groups is 1. The fourth-order valence-electron chi connectivity index (χ4n) is 7.61. The first-order chi connectivity index (χ1) is 30.3. The lowest BCUT2D eigenvalue weighted by atomic mass is 9.77. The number of esters is 4. The molecule has 332 valence electrons. The second-order valence-corrected chi connectivity index (χ2v) is 14.8. The number of rotatable bonds is 12. The molecule has 0 saturated carbocycles. The maximum Gasteiger partial charge on any atom is 0.443 e. The van der Waals surface area contributed by atoms with Crippen LogP contribution < -0.4 is 5.32 Å². The Balaban J connectivity index is 1.18. The lowest BCUT2D eigenvalue weighted by molar-refractivity contribution is -0.385. The zero-order valence-corrected chi connectivity index (χ0v) is 33.5. The summed E-state index contributed by atoms with van der Waals surface area (Å²) in [6.07, 6.45) is -3.86. The van der Waals surface area contributed by atoms with Crippen molar-refractivity contribution in [3.8, 4) is 0 Å². The summed E-state index contributed by atoms with van der Waals surface area (Å²) in [5.74, 6) is -7.56. The normalized spacial score (nSPS) is 19.8. The van der Waals surface area contributed by atoms with E-state index >= 15 is 0 Å². The Labute approximate surface area is 359 Å². The van der Waals surface area contributed by atoms with Crippen molar-refractivity contribution in [1.82, 2.24) is 15.1 Å². The van der Waals surface area contributed by atoms with Crippen molar-refractivity contribution in [3.05, 3.63) is 131 Å². The first-order valence-electron chi connectivity index (χ1n) is 19.2. The highest BCUT2D eigenvalue weighted by Crippen LogP contribution is 2.48. The zero-order valence-electron chi connectivity index (χ0n) is 33.5. The van der Waals surface area contributed by atoms with Crippen molar-refractivity contribution < 1.29 is 67.6 Å². The van der Waals surface area contributed by atoms with Gasteiger partial charge in [-0.3, -0.25) is 45.4 Å². The number of likely N-dealkylation sites (tertiary alicyclic amines) is 1. The van der Waals surface area contributed by atoms with Crippen molar-refractivity contribution in [2.24, 2.45) is 22.7 Å². The van der Waals surface area contributed by atoms with Gasteiger partial charge in [0.15, 0.2) is 0 Å². The summed E-state index contributed by atoms with van der Waals surface area (Å²) in [5, 5.41) is 45.6. The first-order valence-corrected chi connectivity index (χ1v) is 19.2. The molecule has 5 atom stereocenters. The van der Waals surface area contributed by atoms with E-state index in [1.807, 2.05) is 4.90 Å². The molecule has 3 aliphatic rings. The minimum absolute atomic E-state index is 0.0398. The average Bonchev–Trinajstić information content (AvgIpc) is 3.79. The van der Waals surface area contributed by atoms with Crippen molar-refractivity contribution in [2.75, 3.05) is 19.6 Å². The van der Waals surface area contributed by atoms with Crippen molar-refractivity contribution >= 4 is 64.9 Å². The molecule has 0 bridgehead atoms. The number of aliphatic hydroxyl groups is 1. The van der Waals surface area contributed by atoms with Crippen LogP contribution >= 0.6 is 0 Å². The quantitative estimate of drug-likeness (QED) is 0.0381. The molecule has 0 aromatic heterocycles. The molecule has 3 aromatic rings. The second-order valence-electron chi connectivity index (χ2n) is 14.8. The molecule has 0 spiro atoms. The van der Waals surface area contributed by atoms with Gasteiger partial charge in [0.1, 0.15) is 11.5 Å². The van der Waals surface area contributed by atoms with E-state index in [2.05, 4.69) is 10.3 Å². The smallest absolute Gasteiger partial charge is 0.393 e. The molecule has 64 heavy (non-hydrogen) atoms. The highest BCUT2D eigenvalue weighted by Gasteiger charge is 2.60. The van der Waals surface area contributed by atoms with Crippen LogP contribution in [0.4, 0.5) is 26.7 Å². The van der Waals surface area contributed by atoms with E-state index in [1.165, 1.54) is 11.8 Å². The summed E-state index contributed by atoms with van der Waals surface area (Å²) in [7, 11) is 0. The number of nitrogens with zero attached hydrogens (tertiary/aromatic N) is 6. The van der Waals surface area contributed by atoms with Crippen LogP contribution in [0.25, 0.3) is 0 Å². The van der Waals surface area contributed by atoms with Gasteiger partial charge in [-0.15, -0.1) is 0 Å². The van der Waals surface area contributed by atoms with Gasteiger partial charge in [-0.1, -0.05) is 6.92 Å². The standard InChI is InChI=1S/C40H35N7O17/c1-20-29(33(44-32(20)31(21(2)48)34(44)49)38(53)62-35(50)23-3-9-26(10-4-23)45(56)57)19-43-16-15-22(18-43)17-30(41-39(54)63-36(51)24-5-11-27(12-6-24)46(58)59)42-40(55)64-37(52)25-7-13-28(14-8-25)47(60)61/h3-14,20-22,31-32,48H,15-19H2,1-2H3,(H,41,42,54,55)/t20-,21+,22+,31+,32+/m0/s1. The molecule has 24 nitrogen and oxygen atoms in total. The van der Waals surface area contributed by atoms with Gasteiger partial charge in [-0.25, -0.2) is 28.8 Å². The number of aliphatic hydroxyl groups excluding tert-OH is 1. The number of benzene rings is 3. The molecule has 3 heterocycles.